The van der Waals surface area contributed by atoms with Crippen LogP contribution >= 0.6 is 0 Å². The Labute approximate surface area is 212 Å². The minimum atomic E-state index is 0.538. The fourth-order valence-electron chi connectivity index (χ4n) is 5.31. The molecule has 2 aromatic rings. The summed E-state index contributed by atoms with van der Waals surface area (Å²) in [4.78, 5) is 11.1. The molecule has 0 bridgehead atoms. The third-order valence-corrected chi connectivity index (χ3v) is 7.35. The molecule has 0 unspecified atom stereocenters. The van der Waals surface area contributed by atoms with Crippen molar-refractivity contribution in [2.75, 3.05) is 39.3 Å². The number of piperazine rings is 1. The Bertz CT molecular complexity index is 917. The second kappa shape index (κ2) is 14.2. The minimum absolute atomic E-state index is 0.538. The molecular formula is C31H43N3O. The van der Waals surface area contributed by atoms with Crippen LogP contribution in [0, 0.1) is 5.92 Å². The van der Waals surface area contributed by atoms with Gasteiger partial charge in [-0.05, 0) is 54.9 Å². The van der Waals surface area contributed by atoms with Crippen molar-refractivity contribution in [3.8, 4) is 0 Å². The second-order valence-corrected chi connectivity index (χ2v) is 10.1. The molecule has 2 aliphatic rings. The van der Waals surface area contributed by atoms with Crippen molar-refractivity contribution in [3.05, 3.63) is 77.4 Å². The van der Waals surface area contributed by atoms with Gasteiger partial charge in [-0.1, -0.05) is 85.6 Å². The summed E-state index contributed by atoms with van der Waals surface area (Å²) < 4.78 is 0. The first-order chi connectivity index (χ1) is 17.3. The SMILES string of the molecule is CCCC[C@@H]1CCCC(=C\c2ccccc2)/C1=N/OCCCN1CCN(Cc2ccccc2)CC1. The fourth-order valence-corrected chi connectivity index (χ4v) is 5.31. The van der Waals surface area contributed by atoms with E-state index in [0.717, 1.165) is 52.1 Å². The van der Waals surface area contributed by atoms with Crippen LogP contribution in [-0.2, 0) is 11.4 Å². The van der Waals surface area contributed by atoms with E-state index < -0.39 is 0 Å². The number of hydrogen-bond donors (Lipinski definition) is 0. The summed E-state index contributed by atoms with van der Waals surface area (Å²) in [6.07, 6.45) is 10.7. The van der Waals surface area contributed by atoms with Gasteiger partial charge in [-0.15, -0.1) is 0 Å². The number of hydrogen-bond acceptors (Lipinski definition) is 4. The monoisotopic (exact) mass is 473 g/mol. The van der Waals surface area contributed by atoms with E-state index in [0.29, 0.717) is 12.5 Å². The van der Waals surface area contributed by atoms with Gasteiger partial charge in [0.1, 0.15) is 6.61 Å². The van der Waals surface area contributed by atoms with Crippen molar-refractivity contribution in [3.63, 3.8) is 0 Å². The van der Waals surface area contributed by atoms with Crippen LogP contribution in [-0.4, -0.2) is 54.8 Å². The largest absolute Gasteiger partial charge is 0.396 e. The fraction of sp³-hybridized carbons (Fsp3) is 0.516. The van der Waals surface area contributed by atoms with Gasteiger partial charge in [0.05, 0.1) is 5.71 Å². The molecule has 0 amide bonds. The molecule has 4 heteroatoms. The second-order valence-electron chi connectivity index (χ2n) is 10.1. The Balaban J connectivity index is 1.24. The lowest BCUT2D eigenvalue weighted by Crippen LogP contribution is -2.46. The molecule has 2 aromatic carbocycles. The first-order valence-corrected chi connectivity index (χ1v) is 13.8. The molecule has 188 valence electrons. The van der Waals surface area contributed by atoms with Crippen LogP contribution < -0.4 is 0 Å². The average Bonchev–Trinajstić information content (AvgIpc) is 2.90. The number of benzene rings is 2. The molecule has 0 aromatic heterocycles. The van der Waals surface area contributed by atoms with Crippen LogP contribution in [0.3, 0.4) is 0 Å². The quantitative estimate of drug-likeness (QED) is 0.270. The number of unbranched alkanes of at least 4 members (excludes halogenated alkanes) is 1. The third kappa shape index (κ3) is 8.33. The van der Waals surface area contributed by atoms with E-state index in [4.69, 9.17) is 9.99 Å². The van der Waals surface area contributed by atoms with E-state index in [-0.39, 0.29) is 0 Å². The van der Waals surface area contributed by atoms with Crippen LogP contribution in [0.2, 0.25) is 0 Å². The molecule has 4 rings (SSSR count). The van der Waals surface area contributed by atoms with Gasteiger partial charge >= 0.3 is 0 Å². The third-order valence-electron chi connectivity index (χ3n) is 7.35. The Morgan fingerprint density at radius 3 is 2.37 bits per heavy atom. The van der Waals surface area contributed by atoms with Crippen molar-refractivity contribution >= 4 is 11.8 Å². The van der Waals surface area contributed by atoms with E-state index in [1.54, 1.807) is 0 Å². The zero-order valence-corrected chi connectivity index (χ0v) is 21.6. The van der Waals surface area contributed by atoms with Gasteiger partial charge < -0.3 is 9.74 Å². The predicted octanol–water partition coefficient (Wildman–Crippen LogP) is 6.64. The molecule has 1 atom stereocenters. The highest BCUT2D eigenvalue weighted by Crippen LogP contribution is 2.31. The lowest BCUT2D eigenvalue weighted by atomic mass is 9.80. The Morgan fingerprint density at radius 1 is 0.914 bits per heavy atom. The summed E-state index contributed by atoms with van der Waals surface area (Å²) in [5.41, 5.74) is 5.26. The maximum Gasteiger partial charge on any atom is 0.118 e. The summed E-state index contributed by atoms with van der Waals surface area (Å²) in [5.74, 6) is 0.538. The molecule has 4 nitrogen and oxygen atoms in total. The smallest absolute Gasteiger partial charge is 0.118 e. The van der Waals surface area contributed by atoms with E-state index in [9.17, 15) is 0 Å². The molecule has 35 heavy (non-hydrogen) atoms. The van der Waals surface area contributed by atoms with Gasteiger partial charge in [-0.2, -0.15) is 0 Å². The van der Waals surface area contributed by atoms with E-state index in [1.807, 2.05) is 0 Å². The number of rotatable bonds is 11. The standard InChI is InChI=1S/C31H43N3O/c1-2-3-16-29-17-10-18-30(25-27-12-6-4-7-13-27)31(29)32-35-24-11-19-33-20-22-34(23-21-33)26-28-14-8-5-9-15-28/h4-9,12-15,25,29H,2-3,10-11,16-24,26H2,1H3/b30-25+,32-31+/t29-/m1/s1. The number of nitrogens with zero attached hydrogens (tertiary/aromatic N) is 3. The molecule has 0 spiro atoms. The lowest BCUT2D eigenvalue weighted by molar-refractivity contribution is 0.0994. The van der Waals surface area contributed by atoms with Crippen molar-refractivity contribution in [1.29, 1.82) is 0 Å². The van der Waals surface area contributed by atoms with Crippen LogP contribution in [0.25, 0.3) is 6.08 Å². The van der Waals surface area contributed by atoms with E-state index >= 15 is 0 Å². The normalized spacial score (nSPS) is 22.0. The number of oxime groups is 1. The topological polar surface area (TPSA) is 28.1 Å². The van der Waals surface area contributed by atoms with Crippen molar-refractivity contribution in [1.82, 2.24) is 9.80 Å². The van der Waals surface area contributed by atoms with E-state index in [1.165, 1.54) is 54.5 Å². The van der Waals surface area contributed by atoms with Crippen molar-refractivity contribution < 1.29 is 4.84 Å². The lowest BCUT2D eigenvalue weighted by Gasteiger charge is -2.34. The van der Waals surface area contributed by atoms with Crippen LogP contribution in [0.1, 0.15) is 63.0 Å². The van der Waals surface area contributed by atoms with Gasteiger partial charge in [-0.25, -0.2) is 0 Å². The van der Waals surface area contributed by atoms with Gasteiger partial charge in [0.2, 0.25) is 0 Å². The molecule has 0 N–H and O–H groups in total. The summed E-state index contributed by atoms with van der Waals surface area (Å²) >= 11 is 0. The summed E-state index contributed by atoms with van der Waals surface area (Å²) in [7, 11) is 0. The first kappa shape index (κ1) is 25.7. The van der Waals surface area contributed by atoms with Gasteiger partial charge in [-0.3, -0.25) is 4.90 Å². The molecule has 1 heterocycles. The summed E-state index contributed by atoms with van der Waals surface area (Å²) in [6.45, 7) is 9.71. The van der Waals surface area contributed by atoms with Crippen molar-refractivity contribution in [2.24, 2.45) is 11.1 Å². The maximum atomic E-state index is 5.95. The Morgan fingerprint density at radius 2 is 1.63 bits per heavy atom. The minimum Gasteiger partial charge on any atom is -0.396 e. The Hall–Kier alpha value is -2.43. The van der Waals surface area contributed by atoms with Gasteiger partial charge in [0.25, 0.3) is 0 Å². The van der Waals surface area contributed by atoms with E-state index in [2.05, 4.69) is 83.5 Å². The molecule has 0 radical (unpaired) electrons. The van der Waals surface area contributed by atoms with Crippen molar-refractivity contribution in [2.45, 2.75) is 58.4 Å². The molecule has 1 saturated heterocycles. The zero-order chi connectivity index (χ0) is 24.1. The first-order valence-electron chi connectivity index (χ1n) is 13.8. The van der Waals surface area contributed by atoms with Crippen LogP contribution in [0.4, 0.5) is 0 Å². The summed E-state index contributed by atoms with van der Waals surface area (Å²) in [6, 6.07) is 21.5. The highest BCUT2D eigenvalue weighted by molar-refractivity contribution is 6.05. The molecule has 1 aliphatic carbocycles. The summed E-state index contributed by atoms with van der Waals surface area (Å²) in [5, 5.41) is 4.76. The van der Waals surface area contributed by atoms with Gasteiger partial charge in [0, 0.05) is 45.2 Å². The highest BCUT2D eigenvalue weighted by atomic mass is 16.6. The molecule has 2 fully saturated rings. The van der Waals surface area contributed by atoms with Gasteiger partial charge in [0.15, 0.2) is 0 Å². The zero-order valence-electron chi connectivity index (χ0n) is 21.6. The molecular weight excluding hydrogens is 430 g/mol. The average molecular weight is 474 g/mol. The Kier molecular flexibility index (Phi) is 10.4. The molecule has 1 saturated carbocycles. The number of allylic oxidation sites excluding steroid dienone is 1. The molecule has 1 aliphatic heterocycles. The maximum absolute atomic E-state index is 5.95. The highest BCUT2D eigenvalue weighted by Gasteiger charge is 2.25. The predicted molar refractivity (Wildman–Crippen MR) is 147 cm³/mol. The van der Waals surface area contributed by atoms with Crippen LogP contribution in [0.5, 0.6) is 0 Å². The van der Waals surface area contributed by atoms with Crippen LogP contribution in [0.15, 0.2) is 71.4 Å².